The van der Waals surface area contributed by atoms with E-state index < -0.39 is 0 Å². The third-order valence-electron chi connectivity index (χ3n) is 1.71. The molecule has 0 aliphatic rings. The van der Waals surface area contributed by atoms with E-state index in [9.17, 15) is 0 Å². The van der Waals surface area contributed by atoms with Gasteiger partial charge in [0, 0.05) is 18.9 Å². The van der Waals surface area contributed by atoms with Gasteiger partial charge < -0.3 is 5.73 Å². The van der Waals surface area contributed by atoms with Crippen LogP contribution in [0.1, 0.15) is 5.56 Å². The maximum Gasteiger partial charge on any atom is 0.0984 e. The molecule has 2 aromatic heterocycles. The molecule has 2 rings (SSSR count). The molecule has 0 fully saturated rings. The fourth-order valence-electron chi connectivity index (χ4n) is 1.04. The van der Waals surface area contributed by atoms with Crippen molar-refractivity contribution < 1.29 is 0 Å². The summed E-state index contributed by atoms with van der Waals surface area (Å²) in [5, 5.41) is 2.05. The van der Waals surface area contributed by atoms with E-state index in [2.05, 4.69) is 16.0 Å². The lowest BCUT2D eigenvalue weighted by Crippen LogP contribution is -1.92. The number of aromatic nitrogens is 2. The van der Waals surface area contributed by atoms with Crippen molar-refractivity contribution in [1.29, 1.82) is 0 Å². The summed E-state index contributed by atoms with van der Waals surface area (Å²) in [7, 11) is 0. The van der Waals surface area contributed by atoms with Crippen LogP contribution in [0.4, 0.5) is 0 Å². The highest BCUT2D eigenvalue weighted by Gasteiger charge is 2.01. The van der Waals surface area contributed by atoms with Gasteiger partial charge in [0.15, 0.2) is 0 Å². The summed E-state index contributed by atoms with van der Waals surface area (Å²) in [5.41, 5.74) is 7.57. The van der Waals surface area contributed by atoms with Crippen LogP contribution in [0.3, 0.4) is 0 Å². The Labute approximate surface area is 80.3 Å². The quantitative estimate of drug-likeness (QED) is 0.785. The Morgan fingerprint density at radius 3 is 2.92 bits per heavy atom. The zero-order valence-electron chi connectivity index (χ0n) is 6.97. The average Bonchev–Trinajstić information content (AvgIpc) is 2.67. The van der Waals surface area contributed by atoms with Gasteiger partial charge in [-0.2, -0.15) is 0 Å². The van der Waals surface area contributed by atoms with Gasteiger partial charge in [0.25, 0.3) is 0 Å². The van der Waals surface area contributed by atoms with Crippen LogP contribution in [-0.4, -0.2) is 9.97 Å². The Morgan fingerprint density at radius 1 is 1.38 bits per heavy atom. The third-order valence-corrected chi connectivity index (χ3v) is 2.71. The van der Waals surface area contributed by atoms with Gasteiger partial charge in [-0.25, -0.2) is 0 Å². The molecule has 0 saturated heterocycles. The normalized spacial score (nSPS) is 10.2. The van der Waals surface area contributed by atoms with E-state index in [1.807, 2.05) is 5.38 Å². The molecule has 2 N–H and O–H groups in total. The van der Waals surface area contributed by atoms with Crippen molar-refractivity contribution in [2.24, 2.45) is 5.73 Å². The fraction of sp³-hybridized carbons (Fsp3) is 0.111. The van der Waals surface area contributed by atoms with E-state index in [0.717, 1.165) is 16.1 Å². The third kappa shape index (κ3) is 1.74. The monoisotopic (exact) mass is 191 g/mol. The Bertz CT molecular complexity index is 383. The number of nitrogens with two attached hydrogens (primary N) is 1. The second kappa shape index (κ2) is 3.64. The van der Waals surface area contributed by atoms with Crippen molar-refractivity contribution in [3.05, 3.63) is 35.6 Å². The molecule has 0 saturated carbocycles. The average molecular weight is 191 g/mol. The zero-order chi connectivity index (χ0) is 9.10. The summed E-state index contributed by atoms with van der Waals surface area (Å²) in [6.07, 6.45) is 5.12. The minimum Gasteiger partial charge on any atom is -0.326 e. The summed E-state index contributed by atoms with van der Waals surface area (Å²) in [6.45, 7) is 0.580. The van der Waals surface area contributed by atoms with Crippen molar-refractivity contribution in [3.8, 4) is 10.6 Å². The first-order valence-electron chi connectivity index (χ1n) is 3.94. The molecule has 0 spiro atoms. The lowest BCUT2D eigenvalue weighted by Gasteiger charge is -1.92. The molecule has 3 nitrogen and oxygen atoms in total. The molecule has 13 heavy (non-hydrogen) atoms. The van der Waals surface area contributed by atoms with Gasteiger partial charge in [0.1, 0.15) is 0 Å². The molecule has 66 valence electrons. The summed E-state index contributed by atoms with van der Waals surface area (Å²) >= 11 is 1.64. The van der Waals surface area contributed by atoms with Gasteiger partial charge >= 0.3 is 0 Å². The van der Waals surface area contributed by atoms with Crippen molar-refractivity contribution in [2.45, 2.75) is 6.54 Å². The Hall–Kier alpha value is -1.26. The van der Waals surface area contributed by atoms with Gasteiger partial charge in [-0.15, -0.1) is 11.3 Å². The number of rotatable bonds is 2. The maximum atomic E-state index is 5.51. The first-order chi connectivity index (χ1) is 6.40. The summed E-state index contributed by atoms with van der Waals surface area (Å²) in [5.74, 6) is 0. The number of nitrogens with zero attached hydrogens (tertiary/aromatic N) is 2. The highest BCUT2D eigenvalue weighted by Crippen LogP contribution is 2.24. The predicted octanol–water partition coefficient (Wildman–Crippen LogP) is 1.66. The Morgan fingerprint density at radius 2 is 2.31 bits per heavy atom. The number of hydrogen-bond acceptors (Lipinski definition) is 4. The van der Waals surface area contributed by atoms with Crippen LogP contribution in [0.25, 0.3) is 10.6 Å². The van der Waals surface area contributed by atoms with Crippen LogP contribution >= 0.6 is 11.3 Å². The molecular weight excluding hydrogens is 182 g/mol. The first kappa shape index (κ1) is 8.34. The lowest BCUT2D eigenvalue weighted by atomic mass is 10.3. The SMILES string of the molecule is NCc1csc(-c2cnccn2)c1. The standard InChI is InChI=1S/C9H9N3S/c10-4-7-3-9(13-6-7)8-5-11-1-2-12-8/h1-3,5-6H,4,10H2. The highest BCUT2D eigenvalue weighted by atomic mass is 32.1. The van der Waals surface area contributed by atoms with E-state index in [0.29, 0.717) is 6.54 Å². The summed E-state index contributed by atoms with van der Waals surface area (Å²) in [6, 6.07) is 2.05. The second-order valence-corrected chi connectivity index (χ2v) is 3.53. The smallest absolute Gasteiger partial charge is 0.0984 e. The number of thiophene rings is 1. The minimum atomic E-state index is 0.580. The van der Waals surface area contributed by atoms with Crippen molar-refractivity contribution in [2.75, 3.05) is 0 Å². The van der Waals surface area contributed by atoms with Crippen LogP contribution in [0.5, 0.6) is 0 Å². The first-order valence-corrected chi connectivity index (χ1v) is 4.82. The Kier molecular flexibility index (Phi) is 2.33. The second-order valence-electron chi connectivity index (χ2n) is 2.61. The van der Waals surface area contributed by atoms with Crippen LogP contribution < -0.4 is 5.73 Å². The molecule has 0 aliphatic heterocycles. The van der Waals surface area contributed by atoms with Crippen molar-refractivity contribution in [3.63, 3.8) is 0 Å². The van der Waals surface area contributed by atoms with Crippen molar-refractivity contribution in [1.82, 2.24) is 9.97 Å². The molecule has 2 aromatic rings. The molecular formula is C9H9N3S. The fourth-order valence-corrected chi connectivity index (χ4v) is 1.93. The molecule has 0 unspecified atom stereocenters. The lowest BCUT2D eigenvalue weighted by molar-refractivity contribution is 1.08. The minimum absolute atomic E-state index is 0.580. The van der Waals surface area contributed by atoms with E-state index in [4.69, 9.17) is 5.73 Å². The van der Waals surface area contributed by atoms with E-state index >= 15 is 0 Å². The maximum absolute atomic E-state index is 5.51. The topological polar surface area (TPSA) is 51.8 Å². The summed E-state index contributed by atoms with van der Waals surface area (Å²) in [4.78, 5) is 9.33. The predicted molar refractivity (Wildman–Crippen MR) is 53.2 cm³/mol. The van der Waals surface area contributed by atoms with E-state index in [1.165, 1.54) is 0 Å². The molecule has 0 bridgehead atoms. The van der Waals surface area contributed by atoms with Gasteiger partial charge in [0.2, 0.25) is 0 Å². The molecule has 0 aliphatic carbocycles. The van der Waals surface area contributed by atoms with E-state index in [1.54, 1.807) is 29.9 Å². The summed E-state index contributed by atoms with van der Waals surface area (Å²) < 4.78 is 0. The van der Waals surface area contributed by atoms with Crippen LogP contribution in [0.2, 0.25) is 0 Å². The molecule has 0 aromatic carbocycles. The van der Waals surface area contributed by atoms with Gasteiger partial charge in [-0.1, -0.05) is 0 Å². The Balaban J connectivity index is 2.36. The molecule has 4 heteroatoms. The number of hydrogen-bond donors (Lipinski definition) is 1. The van der Waals surface area contributed by atoms with E-state index in [-0.39, 0.29) is 0 Å². The zero-order valence-corrected chi connectivity index (χ0v) is 7.79. The van der Waals surface area contributed by atoms with Crippen LogP contribution in [0.15, 0.2) is 30.0 Å². The van der Waals surface area contributed by atoms with Crippen LogP contribution in [-0.2, 0) is 6.54 Å². The van der Waals surface area contributed by atoms with Gasteiger partial charge in [-0.3, -0.25) is 9.97 Å². The molecule has 0 amide bonds. The van der Waals surface area contributed by atoms with Gasteiger partial charge in [-0.05, 0) is 17.0 Å². The highest BCUT2D eigenvalue weighted by molar-refractivity contribution is 7.13. The molecule has 0 radical (unpaired) electrons. The van der Waals surface area contributed by atoms with Crippen LogP contribution in [0, 0.1) is 0 Å². The molecule has 0 atom stereocenters. The van der Waals surface area contributed by atoms with Crippen molar-refractivity contribution >= 4 is 11.3 Å². The molecule has 2 heterocycles. The van der Waals surface area contributed by atoms with Gasteiger partial charge in [0.05, 0.1) is 16.8 Å². The largest absolute Gasteiger partial charge is 0.326 e.